The van der Waals surface area contributed by atoms with Crippen LogP contribution in [0.5, 0.6) is 0 Å². The van der Waals surface area contributed by atoms with Gasteiger partial charge in [0.15, 0.2) is 0 Å². The first-order chi connectivity index (χ1) is 6.02. The molecule has 0 saturated heterocycles. The molecule has 0 unspecified atom stereocenters. The Labute approximate surface area is 79.0 Å². The normalized spacial score (nSPS) is 12.1. The Morgan fingerprint density at radius 1 is 1.15 bits per heavy atom. The van der Waals surface area contributed by atoms with E-state index in [0.29, 0.717) is 0 Å². The van der Waals surface area contributed by atoms with Gasteiger partial charge in [0.1, 0.15) is 0 Å². The molecule has 0 aliphatic carbocycles. The lowest BCUT2D eigenvalue weighted by molar-refractivity contribution is 0.0892. The van der Waals surface area contributed by atoms with E-state index in [-0.39, 0.29) is 0 Å². The first kappa shape index (κ1) is 10.6. The van der Waals surface area contributed by atoms with Gasteiger partial charge in [-0.05, 0) is 19.4 Å². The largest absolute Gasteiger partial charge is 0.328 e. The number of benzene rings is 1. The van der Waals surface area contributed by atoms with Crippen molar-refractivity contribution in [1.82, 2.24) is 0 Å². The maximum absolute atomic E-state index is 8.75. The minimum atomic E-state index is -2.31. The summed E-state index contributed by atoms with van der Waals surface area (Å²) < 4.78 is 5.00. The Bertz CT molecular complexity index is 259. The van der Waals surface area contributed by atoms with Crippen LogP contribution in [0.25, 0.3) is 0 Å². The first-order valence-electron chi connectivity index (χ1n) is 3.95. The van der Waals surface area contributed by atoms with Gasteiger partial charge in [0.05, 0.1) is 5.60 Å². The summed E-state index contributed by atoms with van der Waals surface area (Å²) in [5.74, 6) is 0. The number of rotatable bonds is 3. The van der Waals surface area contributed by atoms with Gasteiger partial charge in [-0.3, -0.25) is 0 Å². The summed E-state index contributed by atoms with van der Waals surface area (Å²) >= 11 is 0. The minimum Gasteiger partial charge on any atom is -0.328 e. The van der Waals surface area contributed by atoms with Crippen LogP contribution in [-0.2, 0) is 10.1 Å². The van der Waals surface area contributed by atoms with Crippen LogP contribution >= 0.6 is 8.60 Å². The van der Waals surface area contributed by atoms with Gasteiger partial charge in [0.2, 0.25) is 0 Å². The fourth-order valence-corrected chi connectivity index (χ4v) is 1.61. The van der Waals surface area contributed by atoms with E-state index in [0.717, 1.165) is 5.56 Å². The Balaban J connectivity index is 2.81. The molecule has 3 nitrogen and oxygen atoms in total. The highest BCUT2D eigenvalue weighted by atomic mass is 31.2. The molecule has 0 atom stereocenters. The summed E-state index contributed by atoms with van der Waals surface area (Å²) in [6, 6.07) is 9.45. The van der Waals surface area contributed by atoms with E-state index in [4.69, 9.17) is 14.3 Å². The molecule has 0 fully saturated rings. The van der Waals surface area contributed by atoms with Crippen LogP contribution < -0.4 is 0 Å². The molecule has 4 heteroatoms. The predicted molar refractivity (Wildman–Crippen MR) is 51.9 cm³/mol. The smallest absolute Gasteiger partial charge is 0.327 e. The Morgan fingerprint density at radius 2 is 1.69 bits per heavy atom. The minimum absolute atomic E-state index is 0.656. The second-order valence-corrected chi connectivity index (χ2v) is 3.91. The van der Waals surface area contributed by atoms with Crippen molar-refractivity contribution in [2.24, 2.45) is 0 Å². The van der Waals surface area contributed by atoms with Gasteiger partial charge >= 0.3 is 8.60 Å². The van der Waals surface area contributed by atoms with Crippen LogP contribution in [0.4, 0.5) is 0 Å². The molecule has 0 aliphatic heterocycles. The Hall–Kier alpha value is -0.470. The molecule has 72 valence electrons. The van der Waals surface area contributed by atoms with E-state index in [9.17, 15) is 0 Å². The first-order valence-corrected chi connectivity index (χ1v) is 5.11. The van der Waals surface area contributed by atoms with Gasteiger partial charge in [-0.15, -0.1) is 0 Å². The summed E-state index contributed by atoms with van der Waals surface area (Å²) in [6.07, 6.45) is 0. The van der Waals surface area contributed by atoms with Crippen molar-refractivity contribution >= 4 is 8.60 Å². The number of hydrogen-bond acceptors (Lipinski definition) is 3. The SMILES string of the molecule is CC(C)(OP(O)O)c1ccccc1. The lowest BCUT2D eigenvalue weighted by Crippen LogP contribution is -2.18. The molecule has 0 heterocycles. The summed E-state index contributed by atoms with van der Waals surface area (Å²) in [5, 5.41) is 0. The third kappa shape index (κ3) is 3.05. The molecule has 2 N–H and O–H groups in total. The Kier molecular flexibility index (Phi) is 3.40. The van der Waals surface area contributed by atoms with Gasteiger partial charge < -0.3 is 14.3 Å². The highest BCUT2D eigenvalue weighted by molar-refractivity contribution is 7.39. The van der Waals surface area contributed by atoms with Crippen molar-refractivity contribution in [3.05, 3.63) is 35.9 Å². The van der Waals surface area contributed by atoms with Gasteiger partial charge in [-0.25, -0.2) is 0 Å². The average molecular weight is 200 g/mol. The number of hydrogen-bond donors (Lipinski definition) is 2. The third-order valence-electron chi connectivity index (χ3n) is 1.78. The molecule has 0 aromatic heterocycles. The summed E-state index contributed by atoms with van der Waals surface area (Å²) in [4.78, 5) is 17.5. The van der Waals surface area contributed by atoms with Crippen molar-refractivity contribution in [2.75, 3.05) is 0 Å². The molecule has 0 aliphatic rings. The van der Waals surface area contributed by atoms with E-state index in [2.05, 4.69) is 0 Å². The molecule has 0 saturated carbocycles. The zero-order valence-corrected chi connectivity index (χ0v) is 8.53. The highest BCUT2D eigenvalue weighted by Crippen LogP contribution is 2.38. The van der Waals surface area contributed by atoms with E-state index in [1.165, 1.54) is 0 Å². The van der Waals surface area contributed by atoms with Crippen molar-refractivity contribution in [2.45, 2.75) is 19.4 Å². The van der Waals surface area contributed by atoms with Crippen molar-refractivity contribution in [1.29, 1.82) is 0 Å². The van der Waals surface area contributed by atoms with Crippen molar-refractivity contribution in [3.8, 4) is 0 Å². The maximum atomic E-state index is 8.75. The predicted octanol–water partition coefficient (Wildman–Crippen LogP) is 2.15. The van der Waals surface area contributed by atoms with Crippen LogP contribution in [0, 0.1) is 0 Å². The molecular formula is C9H13O3P. The summed E-state index contributed by atoms with van der Waals surface area (Å²) in [6.45, 7) is 3.59. The second-order valence-electron chi connectivity index (χ2n) is 3.22. The zero-order valence-electron chi connectivity index (χ0n) is 7.64. The molecule has 0 amide bonds. The third-order valence-corrected chi connectivity index (χ3v) is 2.40. The van der Waals surface area contributed by atoms with E-state index in [1.54, 1.807) is 13.8 Å². The molecule has 0 bridgehead atoms. The summed E-state index contributed by atoms with van der Waals surface area (Å²) in [5.41, 5.74) is 0.266. The van der Waals surface area contributed by atoms with E-state index >= 15 is 0 Å². The van der Waals surface area contributed by atoms with Gasteiger partial charge in [0.25, 0.3) is 0 Å². The molecule has 0 radical (unpaired) electrons. The van der Waals surface area contributed by atoms with Crippen molar-refractivity contribution < 1.29 is 14.3 Å². The van der Waals surface area contributed by atoms with Gasteiger partial charge in [0, 0.05) is 0 Å². The fraction of sp³-hybridized carbons (Fsp3) is 0.333. The highest BCUT2D eigenvalue weighted by Gasteiger charge is 2.24. The van der Waals surface area contributed by atoms with Crippen molar-refractivity contribution in [3.63, 3.8) is 0 Å². The van der Waals surface area contributed by atoms with Crippen LogP contribution in [-0.4, -0.2) is 9.79 Å². The monoisotopic (exact) mass is 200 g/mol. The molecule has 13 heavy (non-hydrogen) atoms. The molecule has 1 aromatic rings. The lowest BCUT2D eigenvalue weighted by atomic mass is 9.99. The summed E-state index contributed by atoms with van der Waals surface area (Å²) in [7, 11) is -2.31. The van der Waals surface area contributed by atoms with E-state index in [1.807, 2.05) is 30.3 Å². The zero-order chi connectivity index (χ0) is 9.90. The molecule has 0 spiro atoms. The van der Waals surface area contributed by atoms with Crippen LogP contribution in [0.2, 0.25) is 0 Å². The lowest BCUT2D eigenvalue weighted by Gasteiger charge is -2.25. The van der Waals surface area contributed by atoms with E-state index < -0.39 is 14.2 Å². The van der Waals surface area contributed by atoms with Crippen LogP contribution in [0.1, 0.15) is 19.4 Å². The molecule has 1 aromatic carbocycles. The Morgan fingerprint density at radius 3 is 2.15 bits per heavy atom. The van der Waals surface area contributed by atoms with Crippen LogP contribution in [0.15, 0.2) is 30.3 Å². The van der Waals surface area contributed by atoms with Gasteiger partial charge in [-0.2, -0.15) is 0 Å². The fourth-order valence-electron chi connectivity index (χ4n) is 1.10. The quantitative estimate of drug-likeness (QED) is 0.735. The maximum Gasteiger partial charge on any atom is 0.327 e. The van der Waals surface area contributed by atoms with Gasteiger partial charge in [-0.1, -0.05) is 30.3 Å². The average Bonchev–Trinajstić information content (AvgIpc) is 2.04. The second kappa shape index (κ2) is 4.16. The van der Waals surface area contributed by atoms with Crippen LogP contribution in [0.3, 0.4) is 0 Å². The topological polar surface area (TPSA) is 49.7 Å². The standard InChI is InChI=1S/C9H13O3P/c1-9(2,12-13(10)11)8-6-4-3-5-7-8/h3-7,10-11H,1-2H3. The molecular weight excluding hydrogens is 187 g/mol. The molecule has 1 rings (SSSR count).